The highest BCUT2D eigenvalue weighted by Crippen LogP contribution is 2.36. The zero-order valence-electron chi connectivity index (χ0n) is 9.45. The van der Waals surface area contributed by atoms with E-state index in [1.807, 2.05) is 0 Å². The summed E-state index contributed by atoms with van der Waals surface area (Å²) in [5.41, 5.74) is 0. The number of alkyl halides is 1. The summed E-state index contributed by atoms with van der Waals surface area (Å²) in [6.07, 6.45) is 6.70. The average Bonchev–Trinajstić information content (AvgIpc) is 2.78. The first-order chi connectivity index (χ1) is 7.33. The Bertz CT molecular complexity index is 198. The van der Waals surface area contributed by atoms with Crippen LogP contribution in [0.5, 0.6) is 0 Å². The van der Waals surface area contributed by atoms with Crippen LogP contribution in [0.25, 0.3) is 0 Å². The molecule has 0 amide bonds. The van der Waals surface area contributed by atoms with Crippen molar-refractivity contribution >= 4 is 11.6 Å². The second-order valence-corrected chi connectivity index (χ2v) is 5.12. The third-order valence-electron chi connectivity index (χ3n) is 3.73. The van der Waals surface area contributed by atoms with Gasteiger partial charge in [0.1, 0.15) is 0 Å². The fraction of sp³-hybridized carbons (Fsp3) is 1.00. The lowest BCUT2D eigenvalue weighted by Crippen LogP contribution is -2.28. The van der Waals surface area contributed by atoms with E-state index < -0.39 is 0 Å². The van der Waals surface area contributed by atoms with E-state index in [1.165, 1.54) is 32.1 Å². The fourth-order valence-corrected chi connectivity index (χ4v) is 2.91. The zero-order chi connectivity index (χ0) is 10.7. The maximum Gasteiger partial charge on any atom is 0.161 e. The molecule has 1 aliphatic heterocycles. The Labute approximate surface area is 97.3 Å². The lowest BCUT2D eigenvalue weighted by molar-refractivity contribution is -0.107. The number of hydrogen-bond acceptors (Lipinski definition) is 2. The third-order valence-corrected chi connectivity index (χ3v) is 4.07. The third kappa shape index (κ3) is 2.86. The lowest BCUT2D eigenvalue weighted by Gasteiger charge is -2.31. The molecular weight excluding hydrogens is 212 g/mol. The van der Waals surface area contributed by atoms with Gasteiger partial charge >= 0.3 is 0 Å². The Morgan fingerprint density at radius 1 is 1.33 bits per heavy atom. The van der Waals surface area contributed by atoms with Gasteiger partial charge in [0.2, 0.25) is 0 Å². The van der Waals surface area contributed by atoms with Gasteiger partial charge in [-0.3, -0.25) is 0 Å². The first kappa shape index (κ1) is 11.7. The average molecular weight is 233 g/mol. The van der Waals surface area contributed by atoms with E-state index in [4.69, 9.17) is 21.1 Å². The molecule has 1 saturated carbocycles. The first-order valence-corrected chi connectivity index (χ1v) is 6.70. The Kier molecular flexibility index (Phi) is 4.30. The van der Waals surface area contributed by atoms with Crippen LogP contribution in [0.2, 0.25) is 0 Å². The second kappa shape index (κ2) is 5.51. The van der Waals surface area contributed by atoms with E-state index in [2.05, 4.69) is 6.92 Å². The standard InChI is InChI=1S/C12H21ClO2/c1-2-9-4-3-5-10(6-9)12-14-8-11(7-13)15-12/h9-12H,2-8H2,1H3. The number of hydrogen-bond donors (Lipinski definition) is 0. The van der Waals surface area contributed by atoms with Crippen LogP contribution in [0.15, 0.2) is 0 Å². The quantitative estimate of drug-likeness (QED) is 0.696. The van der Waals surface area contributed by atoms with Crippen molar-refractivity contribution in [2.24, 2.45) is 11.8 Å². The van der Waals surface area contributed by atoms with E-state index in [-0.39, 0.29) is 12.4 Å². The summed E-state index contributed by atoms with van der Waals surface area (Å²) in [6.45, 7) is 2.96. The SMILES string of the molecule is CCC1CCCC(C2OCC(CCl)O2)C1. The predicted octanol–water partition coefficient (Wildman–Crippen LogP) is 3.18. The smallest absolute Gasteiger partial charge is 0.161 e. The molecule has 0 bridgehead atoms. The molecule has 2 rings (SSSR count). The first-order valence-electron chi connectivity index (χ1n) is 6.16. The van der Waals surface area contributed by atoms with Crippen LogP contribution >= 0.6 is 11.6 Å². The van der Waals surface area contributed by atoms with Gasteiger partial charge in [-0.2, -0.15) is 0 Å². The molecule has 2 nitrogen and oxygen atoms in total. The maximum atomic E-state index is 5.79. The highest BCUT2D eigenvalue weighted by atomic mass is 35.5. The molecule has 0 N–H and O–H groups in total. The minimum absolute atomic E-state index is 0.0306. The van der Waals surface area contributed by atoms with E-state index in [9.17, 15) is 0 Å². The van der Waals surface area contributed by atoms with Crippen LogP contribution in [-0.2, 0) is 9.47 Å². The van der Waals surface area contributed by atoms with Gasteiger partial charge in [0.25, 0.3) is 0 Å². The largest absolute Gasteiger partial charge is 0.350 e. The molecule has 0 aromatic carbocycles. The molecule has 1 saturated heterocycles. The zero-order valence-corrected chi connectivity index (χ0v) is 10.2. The maximum absolute atomic E-state index is 5.79. The van der Waals surface area contributed by atoms with Gasteiger partial charge in [-0.05, 0) is 18.8 Å². The van der Waals surface area contributed by atoms with Crippen molar-refractivity contribution in [1.29, 1.82) is 0 Å². The summed E-state index contributed by atoms with van der Waals surface area (Å²) in [7, 11) is 0. The lowest BCUT2D eigenvalue weighted by atomic mass is 9.80. The van der Waals surface area contributed by atoms with Gasteiger partial charge in [0, 0.05) is 5.92 Å². The van der Waals surface area contributed by atoms with Crippen molar-refractivity contribution in [1.82, 2.24) is 0 Å². The number of rotatable bonds is 3. The summed E-state index contributed by atoms with van der Waals surface area (Å²) < 4.78 is 11.5. The molecule has 4 unspecified atom stereocenters. The Hall–Kier alpha value is 0.210. The molecule has 0 aromatic rings. The summed E-state index contributed by atoms with van der Waals surface area (Å²) in [5, 5.41) is 0. The van der Waals surface area contributed by atoms with Gasteiger partial charge < -0.3 is 9.47 Å². The molecule has 1 aliphatic carbocycles. The van der Waals surface area contributed by atoms with Crippen molar-refractivity contribution < 1.29 is 9.47 Å². The van der Waals surface area contributed by atoms with Gasteiger partial charge in [0.15, 0.2) is 6.29 Å². The molecule has 1 heterocycles. The van der Waals surface area contributed by atoms with Crippen LogP contribution in [0.4, 0.5) is 0 Å². The molecule has 0 radical (unpaired) electrons. The van der Waals surface area contributed by atoms with Crippen LogP contribution in [-0.4, -0.2) is 24.9 Å². The monoisotopic (exact) mass is 232 g/mol. The predicted molar refractivity (Wildman–Crippen MR) is 61.1 cm³/mol. The van der Waals surface area contributed by atoms with Gasteiger partial charge in [-0.1, -0.05) is 26.2 Å². The van der Waals surface area contributed by atoms with E-state index in [0.717, 1.165) is 5.92 Å². The van der Waals surface area contributed by atoms with E-state index in [0.29, 0.717) is 18.4 Å². The molecule has 2 fully saturated rings. The molecule has 3 heteroatoms. The topological polar surface area (TPSA) is 18.5 Å². The molecule has 88 valence electrons. The Morgan fingerprint density at radius 3 is 2.87 bits per heavy atom. The normalized spacial score (nSPS) is 42.0. The van der Waals surface area contributed by atoms with Gasteiger partial charge in [0.05, 0.1) is 18.6 Å². The van der Waals surface area contributed by atoms with E-state index >= 15 is 0 Å². The summed E-state index contributed by atoms with van der Waals surface area (Å²) in [4.78, 5) is 0. The minimum Gasteiger partial charge on any atom is -0.350 e. The number of ether oxygens (including phenoxy) is 2. The molecule has 2 aliphatic rings. The number of halogens is 1. The van der Waals surface area contributed by atoms with Crippen molar-refractivity contribution in [2.75, 3.05) is 12.5 Å². The van der Waals surface area contributed by atoms with Gasteiger partial charge in [-0.25, -0.2) is 0 Å². The van der Waals surface area contributed by atoms with E-state index in [1.54, 1.807) is 0 Å². The molecule has 0 spiro atoms. The van der Waals surface area contributed by atoms with Crippen LogP contribution < -0.4 is 0 Å². The van der Waals surface area contributed by atoms with Crippen LogP contribution in [0.1, 0.15) is 39.0 Å². The van der Waals surface area contributed by atoms with Crippen molar-refractivity contribution in [3.8, 4) is 0 Å². The summed E-state index contributed by atoms with van der Waals surface area (Å²) in [6, 6.07) is 0. The summed E-state index contributed by atoms with van der Waals surface area (Å²) >= 11 is 5.76. The molecule has 15 heavy (non-hydrogen) atoms. The van der Waals surface area contributed by atoms with Crippen LogP contribution in [0.3, 0.4) is 0 Å². The minimum atomic E-state index is 0.0306. The molecule has 0 aromatic heterocycles. The Balaban J connectivity index is 1.83. The van der Waals surface area contributed by atoms with Crippen molar-refractivity contribution in [3.05, 3.63) is 0 Å². The summed E-state index contributed by atoms with van der Waals surface area (Å²) in [5.74, 6) is 2.04. The highest BCUT2D eigenvalue weighted by Gasteiger charge is 2.34. The molecule has 4 atom stereocenters. The Morgan fingerprint density at radius 2 is 2.20 bits per heavy atom. The highest BCUT2D eigenvalue weighted by molar-refractivity contribution is 6.18. The van der Waals surface area contributed by atoms with Crippen molar-refractivity contribution in [3.63, 3.8) is 0 Å². The molecular formula is C12H21ClO2. The fourth-order valence-electron chi connectivity index (χ4n) is 2.75. The second-order valence-electron chi connectivity index (χ2n) is 4.82. The van der Waals surface area contributed by atoms with Crippen LogP contribution in [0, 0.1) is 11.8 Å². The van der Waals surface area contributed by atoms with Crippen molar-refractivity contribution in [2.45, 2.75) is 51.4 Å². The van der Waals surface area contributed by atoms with Gasteiger partial charge in [-0.15, -0.1) is 11.6 Å².